The van der Waals surface area contributed by atoms with E-state index in [1.165, 1.54) is 12.1 Å². The monoisotopic (exact) mass is 354 g/mol. The van der Waals surface area contributed by atoms with Crippen LogP contribution in [0.25, 0.3) is 0 Å². The van der Waals surface area contributed by atoms with Crippen molar-refractivity contribution in [2.24, 2.45) is 5.73 Å². The molecule has 3 N–H and O–H groups in total. The number of nitrogens with two attached hydrogens (primary N) is 1. The number of hydrogen-bond donors (Lipinski definition) is 2. The molecule has 0 spiro atoms. The van der Waals surface area contributed by atoms with Crippen LogP contribution in [0, 0.1) is 11.6 Å². The van der Waals surface area contributed by atoms with Gasteiger partial charge in [0.2, 0.25) is 0 Å². The number of benzene rings is 2. The van der Waals surface area contributed by atoms with Gasteiger partial charge in [-0.1, -0.05) is 25.5 Å². The number of rotatable bonds is 6. The predicted molar refractivity (Wildman–Crippen MR) is 86.1 cm³/mol. The molecule has 0 aliphatic carbocycles. The van der Waals surface area contributed by atoms with Crippen LogP contribution in [0.3, 0.4) is 0 Å². The van der Waals surface area contributed by atoms with E-state index in [2.05, 4.69) is 0 Å². The fourth-order valence-corrected chi connectivity index (χ4v) is 3.24. The first-order valence-electron chi connectivity index (χ1n) is 7.16. The van der Waals surface area contributed by atoms with E-state index in [0.29, 0.717) is 0 Å². The van der Waals surface area contributed by atoms with Crippen LogP contribution in [0.1, 0.15) is 29.3 Å². The zero-order chi connectivity index (χ0) is 17.9. The van der Waals surface area contributed by atoms with E-state index in [9.17, 15) is 22.0 Å². The van der Waals surface area contributed by atoms with E-state index in [0.717, 1.165) is 30.5 Å². The molecule has 0 radical (unpaired) electrons. The van der Waals surface area contributed by atoms with Crippen molar-refractivity contribution in [3.63, 3.8) is 0 Å². The number of carbonyl (C=O) groups is 1. The highest BCUT2D eigenvalue weighted by Gasteiger charge is 2.22. The van der Waals surface area contributed by atoms with E-state index in [-0.39, 0.29) is 4.90 Å². The number of primary amides is 1. The van der Waals surface area contributed by atoms with Gasteiger partial charge in [0.1, 0.15) is 11.4 Å². The second-order valence-corrected chi connectivity index (χ2v) is 6.83. The molecule has 0 aliphatic rings. The van der Waals surface area contributed by atoms with Gasteiger partial charge in [-0.15, -0.1) is 0 Å². The molecule has 2 aromatic carbocycles. The molecule has 1 amide bonds. The molecule has 0 fully saturated rings. The topological polar surface area (TPSA) is 89.3 Å². The second-order valence-electron chi connectivity index (χ2n) is 5.15. The van der Waals surface area contributed by atoms with E-state index >= 15 is 0 Å². The smallest absolute Gasteiger partial charge is 0.261 e. The lowest BCUT2D eigenvalue weighted by molar-refractivity contribution is 0.0992. The molecule has 0 aromatic heterocycles. The highest BCUT2D eigenvalue weighted by atomic mass is 32.2. The molecule has 24 heavy (non-hydrogen) atoms. The zero-order valence-electron chi connectivity index (χ0n) is 12.8. The maximum Gasteiger partial charge on any atom is 0.261 e. The minimum Gasteiger partial charge on any atom is -0.365 e. The van der Waals surface area contributed by atoms with Crippen LogP contribution in [0.15, 0.2) is 41.3 Å². The molecular formula is C16H16F2N2O3S. The third-order valence-electron chi connectivity index (χ3n) is 3.35. The maximum atomic E-state index is 14.1. The van der Waals surface area contributed by atoms with Crippen molar-refractivity contribution >= 4 is 21.6 Å². The highest BCUT2D eigenvalue weighted by Crippen LogP contribution is 2.24. The lowest BCUT2D eigenvalue weighted by Gasteiger charge is -2.11. The van der Waals surface area contributed by atoms with Gasteiger partial charge in [-0.05, 0) is 36.2 Å². The molecule has 0 unspecified atom stereocenters. The summed E-state index contributed by atoms with van der Waals surface area (Å²) in [5.41, 5.74) is 4.34. The van der Waals surface area contributed by atoms with Gasteiger partial charge in [0.05, 0.1) is 10.6 Å². The fourth-order valence-electron chi connectivity index (χ4n) is 2.18. The number of amides is 1. The third kappa shape index (κ3) is 3.70. The predicted octanol–water partition coefficient (Wildman–Crippen LogP) is 2.82. The van der Waals surface area contributed by atoms with Crippen molar-refractivity contribution < 1.29 is 22.0 Å². The lowest BCUT2D eigenvalue weighted by Crippen LogP contribution is -2.19. The van der Waals surface area contributed by atoms with Crippen LogP contribution in [-0.2, 0) is 16.4 Å². The summed E-state index contributed by atoms with van der Waals surface area (Å²) >= 11 is 0. The number of halogens is 2. The van der Waals surface area contributed by atoms with Gasteiger partial charge in [0, 0.05) is 0 Å². The first-order valence-corrected chi connectivity index (χ1v) is 8.64. The Kier molecular flexibility index (Phi) is 5.18. The van der Waals surface area contributed by atoms with E-state index < -0.39 is 38.8 Å². The number of sulfonamides is 1. The minimum absolute atomic E-state index is 0.0771. The standard InChI is InChI=1S/C16H16F2N2O3S/c1-2-3-10-4-6-11(7-5-10)24(22,23)20-13-9-8-12(17)14(15(13)18)16(19)21/h4-9,20H,2-3H2,1H3,(H2,19,21). The summed E-state index contributed by atoms with van der Waals surface area (Å²) in [4.78, 5) is 11.0. The highest BCUT2D eigenvalue weighted by molar-refractivity contribution is 7.92. The molecule has 0 heterocycles. The quantitative estimate of drug-likeness (QED) is 0.836. The number of nitrogens with one attached hydrogen (secondary N) is 1. The molecule has 0 saturated heterocycles. The van der Waals surface area contributed by atoms with E-state index in [1.807, 2.05) is 11.6 Å². The summed E-state index contributed by atoms with van der Waals surface area (Å²) in [7, 11) is -4.09. The van der Waals surface area contributed by atoms with Gasteiger partial charge >= 0.3 is 0 Å². The summed E-state index contributed by atoms with van der Waals surface area (Å²) in [6.45, 7) is 2.00. The Morgan fingerprint density at radius 2 is 1.75 bits per heavy atom. The largest absolute Gasteiger partial charge is 0.365 e. The molecule has 0 atom stereocenters. The van der Waals surface area contributed by atoms with Crippen molar-refractivity contribution in [3.8, 4) is 0 Å². The average Bonchev–Trinajstić information content (AvgIpc) is 2.51. The van der Waals surface area contributed by atoms with Gasteiger partial charge in [0.15, 0.2) is 5.82 Å². The Morgan fingerprint density at radius 1 is 1.12 bits per heavy atom. The zero-order valence-corrected chi connectivity index (χ0v) is 13.7. The fraction of sp³-hybridized carbons (Fsp3) is 0.188. The van der Waals surface area contributed by atoms with E-state index in [4.69, 9.17) is 5.73 Å². The van der Waals surface area contributed by atoms with Crippen LogP contribution in [0.4, 0.5) is 14.5 Å². The molecule has 2 rings (SSSR count). The molecule has 0 bridgehead atoms. The number of hydrogen-bond acceptors (Lipinski definition) is 3. The summed E-state index contributed by atoms with van der Waals surface area (Å²) in [6.07, 6.45) is 1.73. The molecule has 2 aromatic rings. The Hall–Kier alpha value is -2.48. The van der Waals surface area contributed by atoms with Crippen molar-refractivity contribution in [2.45, 2.75) is 24.7 Å². The third-order valence-corrected chi connectivity index (χ3v) is 4.74. The van der Waals surface area contributed by atoms with Crippen molar-refractivity contribution in [1.82, 2.24) is 0 Å². The average molecular weight is 354 g/mol. The van der Waals surface area contributed by atoms with Crippen LogP contribution in [0.2, 0.25) is 0 Å². The van der Waals surface area contributed by atoms with E-state index in [1.54, 1.807) is 12.1 Å². The summed E-state index contributed by atoms with van der Waals surface area (Å²) < 4.78 is 54.2. The van der Waals surface area contributed by atoms with Crippen molar-refractivity contribution in [3.05, 3.63) is 59.2 Å². The summed E-state index contributed by atoms with van der Waals surface area (Å²) in [5.74, 6) is -3.84. The minimum atomic E-state index is -4.09. The Bertz CT molecular complexity index is 866. The normalized spacial score (nSPS) is 11.3. The SMILES string of the molecule is CCCc1ccc(S(=O)(=O)Nc2ccc(F)c(C(N)=O)c2F)cc1. The maximum absolute atomic E-state index is 14.1. The Morgan fingerprint density at radius 3 is 2.29 bits per heavy atom. The Balaban J connectivity index is 2.36. The molecule has 0 aliphatic heterocycles. The Labute approximate surface area is 138 Å². The van der Waals surface area contributed by atoms with Gasteiger partial charge in [-0.3, -0.25) is 9.52 Å². The lowest BCUT2D eigenvalue weighted by atomic mass is 10.1. The molecule has 8 heteroatoms. The van der Waals surface area contributed by atoms with Crippen LogP contribution in [0.5, 0.6) is 0 Å². The van der Waals surface area contributed by atoms with Gasteiger partial charge in [-0.2, -0.15) is 0 Å². The van der Waals surface area contributed by atoms with Crippen molar-refractivity contribution in [1.29, 1.82) is 0 Å². The van der Waals surface area contributed by atoms with Crippen LogP contribution < -0.4 is 10.5 Å². The summed E-state index contributed by atoms with van der Waals surface area (Å²) in [5, 5.41) is 0. The summed E-state index contributed by atoms with van der Waals surface area (Å²) in [6, 6.07) is 7.76. The van der Waals surface area contributed by atoms with Crippen LogP contribution in [-0.4, -0.2) is 14.3 Å². The number of aryl methyl sites for hydroxylation is 1. The molecule has 0 saturated carbocycles. The molecular weight excluding hydrogens is 338 g/mol. The van der Waals surface area contributed by atoms with Gasteiger partial charge in [-0.25, -0.2) is 17.2 Å². The van der Waals surface area contributed by atoms with Crippen LogP contribution >= 0.6 is 0 Å². The number of carbonyl (C=O) groups excluding carboxylic acids is 1. The first-order chi connectivity index (χ1) is 11.3. The van der Waals surface area contributed by atoms with Gasteiger partial charge in [0.25, 0.3) is 15.9 Å². The van der Waals surface area contributed by atoms with Gasteiger partial charge < -0.3 is 5.73 Å². The number of anilines is 1. The molecule has 5 nitrogen and oxygen atoms in total. The van der Waals surface area contributed by atoms with Crippen molar-refractivity contribution in [2.75, 3.05) is 4.72 Å². The molecule has 128 valence electrons. The first kappa shape index (κ1) is 17.9. The second kappa shape index (κ2) is 6.96.